The number of hydrogen-bond donors (Lipinski definition) is 0. The molecular weight excluding hydrogens is 411 g/mol. The topological polar surface area (TPSA) is 23.6 Å². The van der Waals surface area contributed by atoms with Crippen LogP contribution in [0.2, 0.25) is 0 Å². The van der Waals surface area contributed by atoms with Gasteiger partial charge in [0.15, 0.2) is 0 Å². The van der Waals surface area contributed by atoms with Crippen molar-refractivity contribution in [1.82, 2.24) is 9.34 Å². The highest BCUT2D eigenvalue weighted by Crippen LogP contribution is 2.51. The van der Waals surface area contributed by atoms with E-state index in [0.717, 1.165) is 13.1 Å². The molecule has 0 bridgehead atoms. The summed E-state index contributed by atoms with van der Waals surface area (Å²) < 4.78 is 18.4. The Morgan fingerprint density at radius 3 is 0.969 bits per heavy atom. The average Bonchev–Trinajstić information content (AvgIpc) is 3.23. The van der Waals surface area contributed by atoms with E-state index in [0.29, 0.717) is 0 Å². The first-order valence-electron chi connectivity index (χ1n) is 11.0. The predicted octanol–water partition coefficient (Wildman–Crippen LogP) is 6.84. The van der Waals surface area contributed by atoms with Crippen molar-refractivity contribution in [3.8, 4) is 0 Å². The molecule has 0 N–H and O–H groups in total. The third kappa shape index (κ3) is 4.16. The van der Waals surface area contributed by atoms with Crippen LogP contribution < -0.4 is 0 Å². The molecular formula is C28H26N2OP+. The summed E-state index contributed by atoms with van der Waals surface area (Å²) in [7, 11) is -1.75. The minimum Gasteiger partial charge on any atom is -0.0656 e. The molecule has 1 fully saturated rings. The van der Waals surface area contributed by atoms with Gasteiger partial charge in [0.05, 0.1) is 13.1 Å². The fourth-order valence-electron chi connectivity index (χ4n) is 4.59. The molecule has 32 heavy (non-hydrogen) atoms. The number of benzene rings is 4. The molecule has 0 atom stereocenters. The van der Waals surface area contributed by atoms with Crippen molar-refractivity contribution in [2.45, 2.75) is 12.1 Å². The molecule has 4 aromatic rings. The van der Waals surface area contributed by atoms with Crippen molar-refractivity contribution >= 4 is 8.10 Å². The fourth-order valence-corrected chi connectivity index (χ4v) is 6.34. The average molecular weight is 438 g/mol. The molecule has 1 aliphatic rings. The molecule has 0 aliphatic carbocycles. The second-order valence-corrected chi connectivity index (χ2v) is 9.56. The standard InChI is InChI=1S/C28H26N2OP/c31-32-29(27(23-13-5-1-6-14-23)24-15-7-2-8-16-24)21-22-30(32)28(25-17-9-3-10-18-25)26-19-11-4-12-20-26/h1-20,27-28H,21-22H2/q+1. The van der Waals surface area contributed by atoms with Crippen molar-refractivity contribution < 1.29 is 4.57 Å². The van der Waals surface area contributed by atoms with E-state index in [-0.39, 0.29) is 12.1 Å². The van der Waals surface area contributed by atoms with E-state index in [1.807, 2.05) is 24.3 Å². The quantitative estimate of drug-likeness (QED) is 0.309. The third-order valence-electron chi connectivity index (χ3n) is 6.06. The number of hydrogen-bond acceptors (Lipinski definition) is 1. The van der Waals surface area contributed by atoms with Crippen LogP contribution in [0.15, 0.2) is 121 Å². The molecule has 3 nitrogen and oxygen atoms in total. The Hall–Kier alpha value is -3.10. The maximum Gasteiger partial charge on any atom is 0.539 e. The van der Waals surface area contributed by atoms with Crippen LogP contribution >= 0.6 is 8.10 Å². The van der Waals surface area contributed by atoms with Gasteiger partial charge in [-0.2, -0.15) is 0 Å². The minimum atomic E-state index is -1.75. The Balaban J connectivity index is 1.53. The summed E-state index contributed by atoms with van der Waals surface area (Å²) in [5.41, 5.74) is 4.67. The Morgan fingerprint density at radius 1 is 0.469 bits per heavy atom. The van der Waals surface area contributed by atoms with Crippen LogP contribution in [-0.4, -0.2) is 22.4 Å². The van der Waals surface area contributed by atoms with Crippen molar-refractivity contribution in [3.05, 3.63) is 144 Å². The van der Waals surface area contributed by atoms with Crippen molar-refractivity contribution in [2.75, 3.05) is 13.1 Å². The first kappa shape index (κ1) is 20.8. The van der Waals surface area contributed by atoms with E-state index in [1.54, 1.807) is 0 Å². The fraction of sp³-hybridized carbons (Fsp3) is 0.143. The summed E-state index contributed by atoms with van der Waals surface area (Å²) in [6.07, 6.45) is 0. The van der Waals surface area contributed by atoms with Gasteiger partial charge in [0.1, 0.15) is 12.1 Å². The molecule has 4 aromatic carbocycles. The molecule has 158 valence electrons. The molecule has 1 aliphatic heterocycles. The first-order valence-corrected chi connectivity index (χ1v) is 12.2. The SMILES string of the molecule is O=[P+]1N(C(c2ccccc2)c2ccccc2)CCN1C(c1ccccc1)c1ccccc1. The van der Waals surface area contributed by atoms with Crippen LogP contribution in [-0.2, 0) is 4.57 Å². The van der Waals surface area contributed by atoms with Gasteiger partial charge in [-0.1, -0.05) is 131 Å². The van der Waals surface area contributed by atoms with E-state index in [1.165, 1.54) is 22.3 Å². The van der Waals surface area contributed by atoms with Crippen LogP contribution in [0.5, 0.6) is 0 Å². The highest BCUT2D eigenvalue weighted by atomic mass is 31.1. The molecule has 1 saturated heterocycles. The van der Waals surface area contributed by atoms with Gasteiger partial charge in [-0.05, 0) is 26.8 Å². The van der Waals surface area contributed by atoms with E-state index >= 15 is 0 Å². The summed E-state index contributed by atoms with van der Waals surface area (Å²) in [4.78, 5) is 0. The largest absolute Gasteiger partial charge is 0.539 e. The molecule has 0 unspecified atom stereocenters. The first-order chi connectivity index (χ1) is 15.8. The van der Waals surface area contributed by atoms with Gasteiger partial charge in [-0.15, -0.1) is 0 Å². The summed E-state index contributed by atoms with van der Waals surface area (Å²) in [6.45, 7) is 1.50. The van der Waals surface area contributed by atoms with Crippen LogP contribution in [0, 0.1) is 0 Å². The zero-order valence-corrected chi connectivity index (χ0v) is 18.8. The number of nitrogens with zero attached hydrogens (tertiary/aromatic N) is 2. The highest BCUT2D eigenvalue weighted by Gasteiger charge is 2.51. The van der Waals surface area contributed by atoms with Gasteiger partial charge in [0, 0.05) is 0 Å². The molecule has 0 saturated carbocycles. The lowest BCUT2D eigenvalue weighted by molar-refractivity contribution is 0.398. The molecule has 0 radical (unpaired) electrons. The van der Waals surface area contributed by atoms with Gasteiger partial charge >= 0.3 is 8.10 Å². The highest BCUT2D eigenvalue weighted by molar-refractivity contribution is 7.39. The molecule has 1 heterocycles. The molecule has 0 spiro atoms. The molecule has 5 rings (SSSR count). The second kappa shape index (κ2) is 9.58. The smallest absolute Gasteiger partial charge is 0.0656 e. The lowest BCUT2D eigenvalue weighted by Gasteiger charge is -2.22. The van der Waals surface area contributed by atoms with E-state index in [9.17, 15) is 4.57 Å². The lowest BCUT2D eigenvalue weighted by Crippen LogP contribution is -2.22. The van der Waals surface area contributed by atoms with Crippen LogP contribution in [0.25, 0.3) is 0 Å². The van der Waals surface area contributed by atoms with Crippen LogP contribution in [0.4, 0.5) is 0 Å². The maximum absolute atomic E-state index is 14.1. The summed E-state index contributed by atoms with van der Waals surface area (Å²) >= 11 is 0. The molecule has 0 aromatic heterocycles. The zero-order chi connectivity index (χ0) is 21.8. The van der Waals surface area contributed by atoms with Gasteiger partial charge < -0.3 is 0 Å². The van der Waals surface area contributed by atoms with Crippen molar-refractivity contribution in [2.24, 2.45) is 0 Å². The van der Waals surface area contributed by atoms with Gasteiger partial charge in [-0.3, -0.25) is 0 Å². The van der Waals surface area contributed by atoms with E-state index < -0.39 is 8.10 Å². The summed E-state index contributed by atoms with van der Waals surface area (Å²) in [6, 6.07) is 41.6. The van der Waals surface area contributed by atoms with Crippen LogP contribution in [0.1, 0.15) is 34.3 Å². The molecule has 0 amide bonds. The Labute approximate surface area is 190 Å². The Bertz CT molecular complexity index is 981. The van der Waals surface area contributed by atoms with Crippen LogP contribution in [0.3, 0.4) is 0 Å². The monoisotopic (exact) mass is 437 g/mol. The Morgan fingerprint density at radius 2 is 0.719 bits per heavy atom. The van der Waals surface area contributed by atoms with E-state index in [4.69, 9.17) is 0 Å². The van der Waals surface area contributed by atoms with Crippen molar-refractivity contribution in [1.29, 1.82) is 0 Å². The van der Waals surface area contributed by atoms with E-state index in [2.05, 4.69) is 106 Å². The maximum atomic E-state index is 14.1. The summed E-state index contributed by atoms with van der Waals surface area (Å²) in [5.74, 6) is 0. The van der Waals surface area contributed by atoms with Crippen molar-refractivity contribution in [3.63, 3.8) is 0 Å². The third-order valence-corrected chi connectivity index (χ3v) is 7.80. The lowest BCUT2D eigenvalue weighted by atomic mass is 9.98. The predicted molar refractivity (Wildman–Crippen MR) is 130 cm³/mol. The zero-order valence-electron chi connectivity index (χ0n) is 17.9. The Kier molecular flexibility index (Phi) is 6.22. The van der Waals surface area contributed by atoms with Gasteiger partial charge in [0.25, 0.3) is 0 Å². The summed E-state index contributed by atoms with van der Waals surface area (Å²) in [5, 5.41) is 0. The minimum absolute atomic E-state index is 0.0433. The second-order valence-electron chi connectivity index (χ2n) is 8.03. The molecule has 4 heteroatoms. The van der Waals surface area contributed by atoms with Gasteiger partial charge in [0.2, 0.25) is 0 Å². The van der Waals surface area contributed by atoms with Gasteiger partial charge in [-0.25, -0.2) is 0 Å². The normalized spacial score (nSPS) is 15.0. The number of rotatable bonds is 6.